The van der Waals surface area contributed by atoms with Gasteiger partial charge >= 0.3 is 5.97 Å². The lowest BCUT2D eigenvalue weighted by molar-refractivity contribution is 0.0600. The van der Waals surface area contributed by atoms with E-state index in [1.165, 1.54) is 12.6 Å². The van der Waals surface area contributed by atoms with Crippen molar-refractivity contribution in [1.29, 1.82) is 0 Å². The minimum Gasteiger partial charge on any atom is -0.492 e. The summed E-state index contributed by atoms with van der Waals surface area (Å²) in [7, 11) is 1.32. The Morgan fingerprint density at radius 2 is 2.07 bits per heavy atom. The van der Waals surface area contributed by atoms with Gasteiger partial charge in [-0.25, -0.2) is 4.79 Å². The number of benzene rings is 1. The number of hydrogen-bond donors (Lipinski definition) is 1. The van der Waals surface area contributed by atoms with E-state index in [0.29, 0.717) is 11.3 Å². The number of rotatable bonds is 5. The van der Waals surface area contributed by atoms with Crippen molar-refractivity contribution in [2.75, 3.05) is 20.3 Å². The van der Waals surface area contributed by atoms with Crippen molar-refractivity contribution in [3.05, 3.63) is 29.8 Å². The predicted octanol–water partition coefficient (Wildman–Crippen LogP) is 1.33. The van der Waals surface area contributed by atoms with Crippen LogP contribution in [0.15, 0.2) is 24.3 Å². The highest BCUT2D eigenvalue weighted by atomic mass is 19.2. The Morgan fingerprint density at radius 1 is 1.40 bits per heavy atom. The molecule has 0 saturated carbocycles. The van der Waals surface area contributed by atoms with Crippen molar-refractivity contribution in [2.45, 2.75) is 0 Å². The fourth-order valence-electron chi connectivity index (χ4n) is 1.01. The van der Waals surface area contributed by atoms with Gasteiger partial charge in [-0.05, 0) is 24.3 Å². The molecule has 0 bridgehead atoms. The van der Waals surface area contributed by atoms with Crippen LogP contribution in [0.4, 0.5) is 4.48 Å². The van der Waals surface area contributed by atoms with Gasteiger partial charge in [0.1, 0.15) is 12.4 Å². The molecule has 0 aliphatic carbocycles. The number of carbonyl (C=O) groups excluding carboxylic acids is 1. The minimum atomic E-state index is -0.396. The average molecular weight is 213 g/mol. The summed E-state index contributed by atoms with van der Waals surface area (Å²) < 4.78 is 21.2. The Kier molecular flexibility index (Phi) is 4.56. The van der Waals surface area contributed by atoms with Crippen LogP contribution in [0.25, 0.3) is 0 Å². The lowest BCUT2D eigenvalue weighted by Gasteiger charge is -2.05. The number of nitrogens with one attached hydrogen (secondary N) is 1. The molecule has 0 aliphatic heterocycles. The largest absolute Gasteiger partial charge is 0.492 e. The molecule has 5 heteroatoms. The van der Waals surface area contributed by atoms with Crippen LogP contribution in [-0.4, -0.2) is 26.2 Å². The molecule has 0 unspecified atom stereocenters. The van der Waals surface area contributed by atoms with Crippen molar-refractivity contribution in [3.63, 3.8) is 0 Å². The Labute approximate surface area is 86.9 Å². The van der Waals surface area contributed by atoms with Crippen LogP contribution in [-0.2, 0) is 4.74 Å². The first-order valence-electron chi connectivity index (χ1n) is 4.42. The number of esters is 1. The molecule has 0 atom stereocenters. The summed E-state index contributed by atoms with van der Waals surface area (Å²) >= 11 is 0. The second kappa shape index (κ2) is 5.98. The van der Waals surface area contributed by atoms with Crippen molar-refractivity contribution >= 4 is 5.97 Å². The monoisotopic (exact) mass is 213 g/mol. The highest BCUT2D eigenvalue weighted by Crippen LogP contribution is 2.12. The summed E-state index contributed by atoms with van der Waals surface area (Å²) in [5.74, 6) is 0.185. The van der Waals surface area contributed by atoms with Gasteiger partial charge in [0.25, 0.3) is 0 Å². The fraction of sp³-hybridized carbons (Fsp3) is 0.300. The summed E-state index contributed by atoms with van der Waals surface area (Å²) in [6.07, 6.45) is 0. The second-order valence-electron chi connectivity index (χ2n) is 2.75. The molecule has 0 spiro atoms. The van der Waals surface area contributed by atoms with Gasteiger partial charge in [-0.3, -0.25) is 0 Å². The Hall–Kier alpha value is -1.62. The molecule has 1 N–H and O–H groups in total. The minimum absolute atomic E-state index is 0.124. The number of hydrogen-bond acceptors (Lipinski definition) is 4. The third kappa shape index (κ3) is 3.55. The molecular weight excluding hydrogens is 201 g/mol. The Bertz CT molecular complexity index is 313. The maximum absolute atomic E-state index is 11.5. The van der Waals surface area contributed by atoms with Crippen LogP contribution in [0.2, 0.25) is 0 Å². The van der Waals surface area contributed by atoms with E-state index >= 15 is 0 Å². The van der Waals surface area contributed by atoms with Crippen LogP contribution >= 0.6 is 0 Å². The molecule has 0 radical (unpaired) electrons. The predicted molar refractivity (Wildman–Crippen MR) is 52.4 cm³/mol. The van der Waals surface area contributed by atoms with Crippen LogP contribution in [0.3, 0.4) is 0 Å². The smallest absolute Gasteiger partial charge is 0.337 e. The summed E-state index contributed by atoms with van der Waals surface area (Å²) in [5.41, 5.74) is 1.93. The van der Waals surface area contributed by atoms with E-state index in [0.717, 1.165) is 0 Å². The van der Waals surface area contributed by atoms with Crippen molar-refractivity contribution in [1.82, 2.24) is 5.54 Å². The number of methoxy groups -OCH3 is 1. The van der Waals surface area contributed by atoms with Crippen LogP contribution < -0.4 is 10.3 Å². The van der Waals surface area contributed by atoms with E-state index in [1.807, 2.05) is 0 Å². The lowest BCUT2D eigenvalue weighted by atomic mass is 10.2. The van der Waals surface area contributed by atoms with Gasteiger partial charge in [-0.15, -0.1) is 4.48 Å². The Morgan fingerprint density at radius 3 is 2.60 bits per heavy atom. The maximum atomic E-state index is 11.5. The van der Waals surface area contributed by atoms with Crippen LogP contribution in [0.1, 0.15) is 10.4 Å². The third-order valence-electron chi connectivity index (χ3n) is 1.74. The molecule has 1 rings (SSSR count). The zero-order chi connectivity index (χ0) is 11.1. The molecule has 0 amide bonds. The van der Waals surface area contributed by atoms with E-state index in [-0.39, 0.29) is 13.2 Å². The molecule has 1 aromatic carbocycles. The van der Waals surface area contributed by atoms with Gasteiger partial charge in [-0.2, -0.15) is 5.54 Å². The summed E-state index contributed by atoms with van der Waals surface area (Å²) in [6, 6.07) is 6.43. The highest BCUT2D eigenvalue weighted by Gasteiger charge is 2.04. The second-order valence-corrected chi connectivity index (χ2v) is 2.75. The first-order chi connectivity index (χ1) is 7.27. The van der Waals surface area contributed by atoms with E-state index < -0.39 is 5.97 Å². The first kappa shape index (κ1) is 11.5. The molecule has 4 nitrogen and oxygen atoms in total. The molecule has 0 aliphatic rings. The molecule has 82 valence electrons. The first-order valence-corrected chi connectivity index (χ1v) is 4.42. The molecule has 1 aromatic rings. The van der Waals surface area contributed by atoms with E-state index in [9.17, 15) is 9.28 Å². The van der Waals surface area contributed by atoms with Crippen molar-refractivity contribution < 1.29 is 18.7 Å². The van der Waals surface area contributed by atoms with Crippen molar-refractivity contribution in [3.8, 4) is 5.75 Å². The van der Waals surface area contributed by atoms with Gasteiger partial charge in [0.2, 0.25) is 0 Å². The lowest BCUT2D eigenvalue weighted by Crippen LogP contribution is -2.12. The van der Waals surface area contributed by atoms with Crippen molar-refractivity contribution in [2.24, 2.45) is 0 Å². The standard InChI is InChI=1S/C10H12FNO3/c1-14-10(13)8-2-4-9(5-3-8)15-7-6-12-11/h2-5,12H,6-7H2,1H3. The number of halogens is 1. The SMILES string of the molecule is COC(=O)c1ccc(OCCNF)cc1. The topological polar surface area (TPSA) is 47.6 Å². The van der Waals surface area contributed by atoms with Gasteiger partial charge in [-0.1, -0.05) is 0 Å². The maximum Gasteiger partial charge on any atom is 0.337 e. The van der Waals surface area contributed by atoms with Crippen LogP contribution in [0.5, 0.6) is 5.75 Å². The number of ether oxygens (including phenoxy) is 2. The Balaban J connectivity index is 2.52. The van der Waals surface area contributed by atoms with E-state index in [1.54, 1.807) is 24.3 Å². The zero-order valence-electron chi connectivity index (χ0n) is 8.33. The molecule has 0 heterocycles. The average Bonchev–Trinajstić information content (AvgIpc) is 2.29. The molecule has 15 heavy (non-hydrogen) atoms. The fourth-order valence-corrected chi connectivity index (χ4v) is 1.01. The van der Waals surface area contributed by atoms with Gasteiger partial charge in [0, 0.05) is 0 Å². The normalized spacial score (nSPS) is 9.73. The molecule has 0 aromatic heterocycles. The van der Waals surface area contributed by atoms with Gasteiger partial charge in [0.05, 0.1) is 19.2 Å². The van der Waals surface area contributed by atoms with Gasteiger partial charge < -0.3 is 9.47 Å². The molecular formula is C10H12FNO3. The highest BCUT2D eigenvalue weighted by molar-refractivity contribution is 5.89. The van der Waals surface area contributed by atoms with E-state index in [2.05, 4.69) is 4.74 Å². The molecule has 0 saturated heterocycles. The third-order valence-corrected chi connectivity index (χ3v) is 1.74. The zero-order valence-corrected chi connectivity index (χ0v) is 8.33. The molecule has 0 fully saturated rings. The quantitative estimate of drug-likeness (QED) is 0.455. The van der Waals surface area contributed by atoms with Gasteiger partial charge in [0.15, 0.2) is 0 Å². The number of carbonyl (C=O) groups is 1. The van der Waals surface area contributed by atoms with Crippen LogP contribution in [0, 0.1) is 0 Å². The van der Waals surface area contributed by atoms with E-state index in [4.69, 9.17) is 4.74 Å². The summed E-state index contributed by atoms with van der Waals surface area (Å²) in [4.78, 5) is 11.1. The summed E-state index contributed by atoms with van der Waals surface area (Å²) in [6.45, 7) is 0.354. The summed E-state index contributed by atoms with van der Waals surface area (Å²) in [5, 5.41) is 0.